The predicted molar refractivity (Wildman–Crippen MR) is 106 cm³/mol. The third-order valence-electron chi connectivity index (χ3n) is 5.98. The van der Waals surface area contributed by atoms with Crippen molar-refractivity contribution >= 4 is 11.8 Å². The molecule has 2 atom stereocenters. The normalized spacial score (nSPS) is 21.6. The van der Waals surface area contributed by atoms with Crippen molar-refractivity contribution in [3.8, 4) is 0 Å². The number of fused-ring (bicyclic) bond motifs is 1. The molecule has 1 N–H and O–H groups in total. The van der Waals surface area contributed by atoms with Gasteiger partial charge in [0.05, 0.1) is 6.10 Å². The number of hydrogen-bond acceptors (Lipinski definition) is 4. The van der Waals surface area contributed by atoms with Crippen molar-refractivity contribution in [3.63, 3.8) is 0 Å². The molecular formula is C23H27NO4. The minimum absolute atomic E-state index is 0.00838. The molecule has 148 valence electrons. The predicted octanol–water partition coefficient (Wildman–Crippen LogP) is 4.13. The molecule has 0 bridgehead atoms. The number of ketones is 1. The molecule has 0 amide bonds. The molecule has 28 heavy (non-hydrogen) atoms. The molecule has 5 nitrogen and oxygen atoms in total. The first-order valence-electron chi connectivity index (χ1n) is 10.2. The molecule has 0 saturated carbocycles. The third-order valence-corrected chi connectivity index (χ3v) is 5.98. The Hall–Kier alpha value is -2.40. The number of ether oxygens (including phenoxy) is 2. The van der Waals surface area contributed by atoms with Crippen LogP contribution in [0.2, 0.25) is 0 Å². The molecule has 1 fully saturated rings. The minimum Gasteiger partial charge on any atom is -0.458 e. The number of Topliss-reactive ketones (excluding diaryl/α,β-unsaturated/α-hetero) is 1. The second kappa shape index (κ2) is 7.92. The van der Waals surface area contributed by atoms with E-state index in [0.29, 0.717) is 23.2 Å². The summed E-state index contributed by atoms with van der Waals surface area (Å²) in [5.41, 5.74) is 5.09. The average molecular weight is 381 g/mol. The average Bonchev–Trinajstić information content (AvgIpc) is 3.34. The second-order valence-electron chi connectivity index (χ2n) is 7.84. The van der Waals surface area contributed by atoms with E-state index >= 15 is 0 Å². The maximum atomic E-state index is 12.8. The Bertz CT molecular complexity index is 875. The monoisotopic (exact) mass is 381 g/mol. The Kier molecular flexibility index (Phi) is 5.36. The van der Waals surface area contributed by atoms with Crippen molar-refractivity contribution < 1.29 is 19.1 Å². The zero-order chi connectivity index (χ0) is 19.7. The molecule has 0 spiro atoms. The standard InChI is InChI=1S/C23H27NO4/c1-3-15-6-8-16(9-7-15)17-11-19-21(20(25)12-17)14(2)22(24-19)23(26)28-13-18-5-4-10-27-18/h6-9,17-18,24H,3-5,10-13H2,1-2H3/t17-,18+/m1/s1. The number of carbonyl (C=O) groups excluding carboxylic acids is 2. The molecule has 4 rings (SSSR count). The SMILES string of the molecule is CCc1ccc([C@H]2CC(=O)c3c([nH]c(C(=O)OC[C@@H]4CCCO4)c3C)C2)cc1. The first-order valence-corrected chi connectivity index (χ1v) is 10.2. The highest BCUT2D eigenvalue weighted by Crippen LogP contribution is 2.35. The van der Waals surface area contributed by atoms with E-state index in [4.69, 9.17) is 9.47 Å². The number of aromatic nitrogens is 1. The van der Waals surface area contributed by atoms with Crippen LogP contribution in [0.4, 0.5) is 0 Å². The molecule has 1 aromatic heterocycles. The van der Waals surface area contributed by atoms with Crippen molar-refractivity contribution in [2.24, 2.45) is 0 Å². The summed E-state index contributed by atoms with van der Waals surface area (Å²) in [6.45, 7) is 4.95. The van der Waals surface area contributed by atoms with Crippen LogP contribution >= 0.6 is 0 Å². The van der Waals surface area contributed by atoms with Gasteiger partial charge < -0.3 is 14.5 Å². The molecule has 0 radical (unpaired) electrons. The maximum Gasteiger partial charge on any atom is 0.355 e. The molecule has 2 heterocycles. The van der Waals surface area contributed by atoms with Crippen LogP contribution in [-0.2, 0) is 22.3 Å². The van der Waals surface area contributed by atoms with E-state index in [1.165, 1.54) is 11.1 Å². The summed E-state index contributed by atoms with van der Waals surface area (Å²) in [5.74, 6) is -0.170. The summed E-state index contributed by atoms with van der Waals surface area (Å²) < 4.78 is 10.9. The van der Waals surface area contributed by atoms with E-state index in [0.717, 1.165) is 38.0 Å². The lowest BCUT2D eigenvalue weighted by Gasteiger charge is -2.22. The number of carbonyl (C=O) groups is 2. The van der Waals surface area contributed by atoms with Crippen LogP contribution in [0.25, 0.3) is 0 Å². The van der Waals surface area contributed by atoms with Gasteiger partial charge in [-0.25, -0.2) is 4.79 Å². The Morgan fingerprint density at radius 1 is 1.25 bits per heavy atom. The van der Waals surface area contributed by atoms with Crippen molar-refractivity contribution in [2.45, 2.75) is 58.0 Å². The van der Waals surface area contributed by atoms with Crippen LogP contribution in [0.1, 0.15) is 75.3 Å². The fourth-order valence-corrected chi connectivity index (χ4v) is 4.32. The molecule has 1 aliphatic heterocycles. The van der Waals surface area contributed by atoms with E-state index in [-0.39, 0.29) is 24.4 Å². The van der Waals surface area contributed by atoms with Crippen molar-refractivity contribution in [3.05, 3.63) is 57.9 Å². The van der Waals surface area contributed by atoms with Crippen LogP contribution in [0.3, 0.4) is 0 Å². The fraction of sp³-hybridized carbons (Fsp3) is 0.478. The zero-order valence-electron chi connectivity index (χ0n) is 16.5. The number of hydrogen-bond donors (Lipinski definition) is 1. The molecule has 0 unspecified atom stereocenters. The van der Waals surface area contributed by atoms with E-state index in [1.807, 2.05) is 6.92 Å². The quantitative estimate of drug-likeness (QED) is 0.791. The van der Waals surface area contributed by atoms with E-state index in [9.17, 15) is 9.59 Å². The van der Waals surface area contributed by atoms with Gasteiger partial charge in [0.25, 0.3) is 0 Å². The van der Waals surface area contributed by atoms with Gasteiger partial charge in [0.2, 0.25) is 0 Å². The van der Waals surface area contributed by atoms with Gasteiger partial charge in [-0.05, 0) is 55.2 Å². The molecule has 1 saturated heterocycles. The molecule has 2 aliphatic rings. The lowest BCUT2D eigenvalue weighted by Crippen LogP contribution is -2.18. The topological polar surface area (TPSA) is 68.4 Å². The highest BCUT2D eigenvalue weighted by atomic mass is 16.6. The minimum atomic E-state index is -0.404. The second-order valence-corrected chi connectivity index (χ2v) is 7.84. The van der Waals surface area contributed by atoms with Crippen LogP contribution < -0.4 is 0 Å². The summed E-state index contributed by atoms with van der Waals surface area (Å²) in [7, 11) is 0. The molecule has 1 aliphatic carbocycles. The van der Waals surface area contributed by atoms with Crippen molar-refractivity contribution in [1.82, 2.24) is 4.98 Å². The number of rotatable bonds is 5. The lowest BCUT2D eigenvalue weighted by molar-refractivity contribution is 0.0156. The first-order chi connectivity index (χ1) is 13.6. The van der Waals surface area contributed by atoms with E-state index in [2.05, 4.69) is 36.2 Å². The fourth-order valence-electron chi connectivity index (χ4n) is 4.32. The highest BCUT2D eigenvalue weighted by Gasteiger charge is 2.32. The largest absolute Gasteiger partial charge is 0.458 e. The number of aromatic amines is 1. The van der Waals surface area contributed by atoms with Gasteiger partial charge in [-0.15, -0.1) is 0 Å². The summed E-state index contributed by atoms with van der Waals surface area (Å²) >= 11 is 0. The summed E-state index contributed by atoms with van der Waals surface area (Å²) in [5, 5.41) is 0. The lowest BCUT2D eigenvalue weighted by atomic mass is 9.81. The van der Waals surface area contributed by atoms with Crippen LogP contribution in [-0.4, -0.2) is 36.1 Å². The number of H-pyrrole nitrogens is 1. The maximum absolute atomic E-state index is 12.8. The smallest absolute Gasteiger partial charge is 0.355 e. The summed E-state index contributed by atoms with van der Waals surface area (Å²) in [6.07, 6.45) is 4.12. The number of nitrogens with one attached hydrogen (secondary N) is 1. The molecular weight excluding hydrogens is 354 g/mol. The summed E-state index contributed by atoms with van der Waals surface area (Å²) in [4.78, 5) is 28.6. The first kappa shape index (κ1) is 18.9. The van der Waals surface area contributed by atoms with Gasteiger partial charge in [-0.2, -0.15) is 0 Å². The Morgan fingerprint density at radius 2 is 2.04 bits per heavy atom. The van der Waals surface area contributed by atoms with Crippen molar-refractivity contribution in [2.75, 3.05) is 13.2 Å². The van der Waals surface area contributed by atoms with Crippen LogP contribution in [0, 0.1) is 6.92 Å². The molecule has 5 heteroatoms. The Labute approximate surface area is 165 Å². The Morgan fingerprint density at radius 3 is 2.71 bits per heavy atom. The van der Waals surface area contributed by atoms with Crippen LogP contribution in [0.5, 0.6) is 0 Å². The van der Waals surface area contributed by atoms with Gasteiger partial charge >= 0.3 is 5.97 Å². The highest BCUT2D eigenvalue weighted by molar-refractivity contribution is 6.03. The van der Waals surface area contributed by atoms with E-state index < -0.39 is 5.97 Å². The van der Waals surface area contributed by atoms with Gasteiger partial charge in [0.15, 0.2) is 5.78 Å². The van der Waals surface area contributed by atoms with Gasteiger partial charge in [0, 0.05) is 24.3 Å². The zero-order valence-corrected chi connectivity index (χ0v) is 16.5. The van der Waals surface area contributed by atoms with Crippen LogP contribution in [0.15, 0.2) is 24.3 Å². The van der Waals surface area contributed by atoms with Gasteiger partial charge in [0.1, 0.15) is 12.3 Å². The number of aryl methyl sites for hydroxylation is 1. The number of esters is 1. The molecule has 2 aromatic rings. The van der Waals surface area contributed by atoms with Gasteiger partial charge in [-0.3, -0.25) is 4.79 Å². The molecule has 1 aromatic carbocycles. The van der Waals surface area contributed by atoms with Gasteiger partial charge in [-0.1, -0.05) is 31.2 Å². The number of benzene rings is 1. The van der Waals surface area contributed by atoms with Crippen molar-refractivity contribution in [1.29, 1.82) is 0 Å². The summed E-state index contributed by atoms with van der Waals surface area (Å²) in [6, 6.07) is 8.50. The van der Waals surface area contributed by atoms with E-state index in [1.54, 1.807) is 0 Å². The third kappa shape index (κ3) is 3.63. The Balaban J connectivity index is 1.51.